The highest BCUT2D eigenvalue weighted by Gasteiger charge is 2.18. The first kappa shape index (κ1) is 24.9. The summed E-state index contributed by atoms with van der Waals surface area (Å²) in [5, 5.41) is 19.1. The predicted octanol–water partition coefficient (Wildman–Crippen LogP) is 4.89. The van der Waals surface area contributed by atoms with Crippen LogP contribution in [-0.2, 0) is 21.2 Å². The smallest absolute Gasteiger partial charge is 0.238 e. The minimum Gasteiger partial charge on any atom is -0.324 e. The molecule has 3 aromatic carbocycles. The average Bonchev–Trinajstić information content (AvgIpc) is 3.17. The largest absolute Gasteiger partial charge is 0.324 e. The Morgan fingerprint density at radius 3 is 2.50 bits per heavy atom. The molecule has 1 amide bonds. The number of nitrogens with two attached hydrogens (primary N) is 1. The van der Waals surface area contributed by atoms with Crippen molar-refractivity contribution < 1.29 is 13.2 Å². The second kappa shape index (κ2) is 10.2. The van der Waals surface area contributed by atoms with Gasteiger partial charge in [-0.3, -0.25) is 9.36 Å². The van der Waals surface area contributed by atoms with Crippen molar-refractivity contribution in [2.24, 2.45) is 5.14 Å². The van der Waals surface area contributed by atoms with Gasteiger partial charge >= 0.3 is 0 Å². The summed E-state index contributed by atoms with van der Waals surface area (Å²) in [6.07, 6.45) is 0.916. The Kier molecular flexibility index (Phi) is 7.43. The van der Waals surface area contributed by atoms with Crippen LogP contribution in [0.4, 0.5) is 5.69 Å². The summed E-state index contributed by atoms with van der Waals surface area (Å²) in [4.78, 5) is 12.6. The van der Waals surface area contributed by atoms with Crippen molar-refractivity contribution in [2.75, 3.05) is 11.1 Å². The summed E-state index contributed by atoms with van der Waals surface area (Å²) in [5.41, 5.74) is 2.59. The Balaban J connectivity index is 1.56. The van der Waals surface area contributed by atoms with Crippen molar-refractivity contribution in [1.82, 2.24) is 14.8 Å². The van der Waals surface area contributed by atoms with E-state index in [-0.39, 0.29) is 16.6 Å². The molecule has 0 saturated heterocycles. The van der Waals surface area contributed by atoms with Crippen molar-refractivity contribution in [1.29, 1.82) is 0 Å². The number of primary sulfonamides is 1. The molecule has 1 heterocycles. The van der Waals surface area contributed by atoms with E-state index >= 15 is 0 Å². The number of fused-ring (bicyclic) bond motifs is 1. The van der Waals surface area contributed by atoms with Crippen LogP contribution in [0.25, 0.3) is 16.5 Å². The molecule has 176 valence electrons. The number of halogens is 2. The molecule has 3 N–H and O–H groups in total. The Morgan fingerprint density at radius 1 is 1.09 bits per heavy atom. The number of nitrogens with zero attached hydrogens (tertiary/aromatic N) is 3. The summed E-state index contributed by atoms with van der Waals surface area (Å²) in [7, 11) is -3.84. The number of carbonyl (C=O) groups is 1. The standard InChI is InChI=1S/C22H19Br2N5O3S2/c1-2-13-7-10-19(16-6-4-3-5-15(13)16)29-21(24)27-28-22(29)33-12-20(30)26-18-9-8-14(11-17(18)23)34(25,31)32/h3-11H,2,12H2,1H3,(H,26,30)(H2,25,31,32). The quantitative estimate of drug-likeness (QED) is 0.283. The van der Waals surface area contributed by atoms with E-state index in [0.29, 0.717) is 20.1 Å². The molecule has 0 atom stereocenters. The molecule has 0 saturated carbocycles. The number of anilines is 1. The molecule has 34 heavy (non-hydrogen) atoms. The molecule has 12 heteroatoms. The van der Waals surface area contributed by atoms with Crippen molar-refractivity contribution >= 4 is 76.0 Å². The number of nitrogens with one attached hydrogen (secondary N) is 1. The first-order valence-electron chi connectivity index (χ1n) is 10.1. The third kappa shape index (κ3) is 5.20. The number of amides is 1. The highest BCUT2D eigenvalue weighted by molar-refractivity contribution is 9.10. The number of aryl methyl sites for hydroxylation is 1. The molecule has 8 nitrogen and oxygen atoms in total. The van der Waals surface area contributed by atoms with Crippen LogP contribution >= 0.6 is 43.6 Å². The monoisotopic (exact) mass is 623 g/mol. The topological polar surface area (TPSA) is 120 Å². The van der Waals surface area contributed by atoms with Crippen LogP contribution in [-0.4, -0.2) is 34.8 Å². The van der Waals surface area contributed by atoms with Gasteiger partial charge in [0.15, 0.2) is 5.16 Å². The maximum Gasteiger partial charge on any atom is 0.238 e. The summed E-state index contributed by atoms with van der Waals surface area (Å²) in [6, 6.07) is 16.4. The summed E-state index contributed by atoms with van der Waals surface area (Å²) >= 11 is 7.99. The van der Waals surface area contributed by atoms with Gasteiger partial charge in [0.1, 0.15) is 0 Å². The van der Waals surface area contributed by atoms with Gasteiger partial charge < -0.3 is 5.32 Å². The second-order valence-corrected chi connectivity index (χ2v) is 11.3. The fourth-order valence-corrected chi connectivity index (χ4v) is 5.96. The fourth-order valence-electron chi connectivity index (χ4n) is 3.49. The normalized spacial score (nSPS) is 11.6. The Hall–Kier alpha value is -2.25. The van der Waals surface area contributed by atoms with E-state index in [9.17, 15) is 13.2 Å². The molecular weight excluding hydrogens is 606 g/mol. The lowest BCUT2D eigenvalue weighted by Gasteiger charge is -2.13. The zero-order valence-electron chi connectivity index (χ0n) is 17.8. The lowest BCUT2D eigenvalue weighted by Crippen LogP contribution is -2.16. The van der Waals surface area contributed by atoms with E-state index in [1.807, 2.05) is 22.8 Å². The van der Waals surface area contributed by atoms with Gasteiger partial charge in [0, 0.05) is 9.86 Å². The molecule has 0 radical (unpaired) electrons. The average molecular weight is 625 g/mol. The summed E-state index contributed by atoms with van der Waals surface area (Å²) in [6.45, 7) is 2.12. The van der Waals surface area contributed by atoms with Gasteiger partial charge in [-0.25, -0.2) is 13.6 Å². The van der Waals surface area contributed by atoms with Crippen LogP contribution in [0.2, 0.25) is 0 Å². The van der Waals surface area contributed by atoms with Gasteiger partial charge in [-0.1, -0.05) is 49.0 Å². The lowest BCUT2D eigenvalue weighted by molar-refractivity contribution is -0.113. The molecule has 0 unspecified atom stereocenters. The summed E-state index contributed by atoms with van der Waals surface area (Å²) < 4.78 is 25.8. The number of benzene rings is 3. The Bertz CT molecular complexity index is 1510. The second-order valence-electron chi connectivity index (χ2n) is 7.25. The number of rotatable bonds is 7. The summed E-state index contributed by atoms with van der Waals surface area (Å²) in [5.74, 6) is -0.217. The number of carbonyl (C=O) groups excluding carboxylic acids is 1. The molecule has 1 aromatic heterocycles. The highest BCUT2D eigenvalue weighted by Crippen LogP contribution is 2.32. The molecule has 0 aliphatic rings. The van der Waals surface area contributed by atoms with Gasteiger partial charge in [-0.15, -0.1) is 10.2 Å². The minimum absolute atomic E-state index is 0.0500. The zero-order chi connectivity index (χ0) is 24.5. The lowest BCUT2D eigenvalue weighted by atomic mass is 10.0. The van der Waals surface area contributed by atoms with Crippen molar-refractivity contribution in [2.45, 2.75) is 23.4 Å². The van der Waals surface area contributed by atoms with Gasteiger partial charge in [0.2, 0.25) is 20.7 Å². The van der Waals surface area contributed by atoms with Gasteiger partial charge in [-0.2, -0.15) is 0 Å². The van der Waals surface area contributed by atoms with E-state index in [1.54, 1.807) is 0 Å². The molecular formula is C22H19Br2N5O3S2. The van der Waals surface area contributed by atoms with Gasteiger partial charge in [0.05, 0.1) is 22.0 Å². The number of hydrogen-bond acceptors (Lipinski definition) is 6. The van der Waals surface area contributed by atoms with E-state index < -0.39 is 10.0 Å². The third-order valence-electron chi connectivity index (χ3n) is 5.08. The molecule has 0 fully saturated rings. The number of thioether (sulfide) groups is 1. The number of aromatic nitrogens is 3. The van der Waals surface area contributed by atoms with Crippen molar-refractivity contribution in [3.05, 3.63) is 69.4 Å². The van der Waals surface area contributed by atoms with E-state index in [0.717, 1.165) is 22.9 Å². The van der Waals surface area contributed by atoms with Crippen LogP contribution in [0.1, 0.15) is 12.5 Å². The number of sulfonamides is 1. The van der Waals surface area contributed by atoms with Crippen LogP contribution < -0.4 is 10.5 Å². The first-order chi connectivity index (χ1) is 16.2. The SMILES string of the molecule is CCc1ccc(-n2c(Br)nnc2SCC(=O)Nc2ccc(S(N)(=O)=O)cc2Br)c2ccccc12. The van der Waals surface area contributed by atoms with Crippen molar-refractivity contribution in [3.63, 3.8) is 0 Å². The van der Waals surface area contributed by atoms with Crippen molar-refractivity contribution in [3.8, 4) is 5.69 Å². The Labute approximate surface area is 217 Å². The Morgan fingerprint density at radius 2 is 1.82 bits per heavy atom. The van der Waals surface area contributed by atoms with Crippen LogP contribution in [0, 0.1) is 0 Å². The minimum atomic E-state index is -3.84. The predicted molar refractivity (Wildman–Crippen MR) is 141 cm³/mol. The zero-order valence-corrected chi connectivity index (χ0v) is 22.6. The number of hydrogen-bond donors (Lipinski definition) is 2. The van der Waals surface area contributed by atoms with Crippen LogP contribution in [0.3, 0.4) is 0 Å². The van der Waals surface area contributed by atoms with Crippen LogP contribution in [0.15, 0.2) is 73.9 Å². The van der Waals surface area contributed by atoms with Gasteiger partial charge in [-0.05, 0) is 73.5 Å². The van der Waals surface area contributed by atoms with Gasteiger partial charge in [0.25, 0.3) is 0 Å². The molecule has 4 aromatic rings. The fraction of sp³-hybridized carbons (Fsp3) is 0.136. The maximum absolute atomic E-state index is 12.6. The molecule has 4 rings (SSSR count). The van der Waals surface area contributed by atoms with E-state index in [2.05, 4.69) is 72.5 Å². The van der Waals surface area contributed by atoms with Crippen LogP contribution in [0.5, 0.6) is 0 Å². The maximum atomic E-state index is 12.6. The molecule has 0 aliphatic carbocycles. The third-order valence-corrected chi connectivity index (χ3v) is 8.09. The molecule has 0 spiro atoms. The van der Waals surface area contributed by atoms with E-state index in [4.69, 9.17) is 5.14 Å². The molecule has 0 aliphatic heterocycles. The first-order valence-corrected chi connectivity index (χ1v) is 14.2. The highest BCUT2D eigenvalue weighted by atomic mass is 79.9. The molecule has 0 bridgehead atoms. The van der Waals surface area contributed by atoms with E-state index in [1.165, 1.54) is 35.5 Å².